The van der Waals surface area contributed by atoms with E-state index >= 15 is 0 Å². The predicted octanol–water partition coefficient (Wildman–Crippen LogP) is 1.57. The van der Waals surface area contributed by atoms with E-state index in [1.807, 2.05) is 11.9 Å². The van der Waals surface area contributed by atoms with Crippen LogP contribution < -0.4 is 5.32 Å². The van der Waals surface area contributed by atoms with Crippen LogP contribution in [0.2, 0.25) is 0 Å². The first-order valence-electron chi connectivity index (χ1n) is 8.73. The molecule has 7 heteroatoms. The van der Waals surface area contributed by atoms with Gasteiger partial charge in [-0.2, -0.15) is 0 Å². The van der Waals surface area contributed by atoms with Crippen LogP contribution >= 0.6 is 0 Å². The van der Waals surface area contributed by atoms with E-state index in [2.05, 4.69) is 5.32 Å². The van der Waals surface area contributed by atoms with Crippen LogP contribution in [0.25, 0.3) is 0 Å². The van der Waals surface area contributed by atoms with Gasteiger partial charge in [0.1, 0.15) is 0 Å². The van der Waals surface area contributed by atoms with Crippen molar-refractivity contribution < 1.29 is 17.9 Å². The van der Waals surface area contributed by atoms with Gasteiger partial charge in [-0.15, -0.1) is 0 Å². The number of ether oxygens (including phenoxy) is 1. The number of benzene rings is 1. The highest BCUT2D eigenvalue weighted by Gasteiger charge is 2.23. The van der Waals surface area contributed by atoms with Crippen LogP contribution in [0.1, 0.15) is 29.6 Å². The topological polar surface area (TPSA) is 75.7 Å². The van der Waals surface area contributed by atoms with Crippen LogP contribution in [0.3, 0.4) is 0 Å². The lowest BCUT2D eigenvalue weighted by molar-refractivity contribution is 0.0687. The number of hydrogen-bond donors (Lipinski definition) is 1. The maximum absolute atomic E-state index is 12.6. The Morgan fingerprint density at radius 1 is 1.24 bits per heavy atom. The zero-order chi connectivity index (χ0) is 18.3. The zero-order valence-corrected chi connectivity index (χ0v) is 15.8. The summed E-state index contributed by atoms with van der Waals surface area (Å²) in [4.78, 5) is 14.7. The average molecular weight is 368 g/mol. The summed E-state index contributed by atoms with van der Waals surface area (Å²) >= 11 is 0. The number of piperidine rings is 1. The van der Waals surface area contributed by atoms with Gasteiger partial charge in [0.2, 0.25) is 0 Å². The lowest BCUT2D eigenvalue weighted by Gasteiger charge is -2.32. The Labute approximate surface area is 150 Å². The van der Waals surface area contributed by atoms with E-state index in [0.29, 0.717) is 11.5 Å². The third-order valence-electron chi connectivity index (χ3n) is 4.72. The van der Waals surface area contributed by atoms with Crippen LogP contribution in [0.15, 0.2) is 29.2 Å². The highest BCUT2D eigenvalue weighted by molar-refractivity contribution is 7.91. The monoisotopic (exact) mass is 368 g/mol. The first kappa shape index (κ1) is 19.9. The molecule has 1 aromatic carbocycles. The van der Waals surface area contributed by atoms with Crippen LogP contribution in [-0.4, -0.2) is 65.4 Å². The standard InChI is InChI=1S/C18H28N2O4S/c1-19-10-7-15-8-11-20(12-9-15)18(21)16-3-5-17(6-4-16)25(22,23)14-13-24-2/h3-6,15,19H,7-14H2,1-2H3. The molecule has 0 aliphatic carbocycles. The fraction of sp³-hybridized carbons (Fsp3) is 0.611. The van der Waals surface area contributed by atoms with Gasteiger partial charge in [-0.3, -0.25) is 4.79 Å². The Kier molecular flexibility index (Phi) is 7.40. The molecule has 2 rings (SSSR count). The quantitative estimate of drug-likeness (QED) is 0.754. The van der Waals surface area contributed by atoms with Crippen molar-refractivity contribution >= 4 is 15.7 Å². The smallest absolute Gasteiger partial charge is 0.253 e. The van der Waals surface area contributed by atoms with Crippen molar-refractivity contribution in [2.75, 3.05) is 46.2 Å². The van der Waals surface area contributed by atoms with Gasteiger partial charge in [0.15, 0.2) is 9.84 Å². The molecule has 6 nitrogen and oxygen atoms in total. The molecule has 1 fully saturated rings. The molecule has 0 aromatic heterocycles. The molecule has 1 amide bonds. The number of carbonyl (C=O) groups is 1. The minimum Gasteiger partial charge on any atom is -0.384 e. The van der Waals surface area contributed by atoms with Crippen molar-refractivity contribution in [3.05, 3.63) is 29.8 Å². The summed E-state index contributed by atoms with van der Waals surface area (Å²) in [7, 11) is 0.0658. The van der Waals surface area contributed by atoms with Gasteiger partial charge in [0, 0.05) is 25.8 Å². The average Bonchev–Trinajstić information content (AvgIpc) is 2.64. The summed E-state index contributed by atoms with van der Waals surface area (Å²) in [5.74, 6) is 0.592. The summed E-state index contributed by atoms with van der Waals surface area (Å²) in [6.07, 6.45) is 3.19. The van der Waals surface area contributed by atoms with Gasteiger partial charge >= 0.3 is 0 Å². The second-order valence-electron chi connectivity index (χ2n) is 6.46. The zero-order valence-electron chi connectivity index (χ0n) is 15.0. The molecule has 0 bridgehead atoms. The third-order valence-corrected chi connectivity index (χ3v) is 6.42. The van der Waals surface area contributed by atoms with Crippen LogP contribution in [0.5, 0.6) is 0 Å². The maximum Gasteiger partial charge on any atom is 0.253 e. The van der Waals surface area contributed by atoms with Crippen molar-refractivity contribution in [3.63, 3.8) is 0 Å². The predicted molar refractivity (Wildman–Crippen MR) is 97.5 cm³/mol. The van der Waals surface area contributed by atoms with E-state index in [1.165, 1.54) is 19.2 Å². The van der Waals surface area contributed by atoms with E-state index in [1.54, 1.807) is 12.1 Å². The SMILES string of the molecule is CNCCC1CCN(C(=O)c2ccc(S(=O)(=O)CCOC)cc2)CC1. The van der Waals surface area contributed by atoms with Crippen molar-refractivity contribution in [2.45, 2.75) is 24.2 Å². The molecular formula is C18H28N2O4S. The largest absolute Gasteiger partial charge is 0.384 e. The Morgan fingerprint density at radius 3 is 2.44 bits per heavy atom. The molecule has 1 saturated heterocycles. The highest BCUT2D eigenvalue weighted by atomic mass is 32.2. The number of sulfone groups is 1. The Balaban J connectivity index is 1.95. The van der Waals surface area contributed by atoms with Crippen molar-refractivity contribution in [3.8, 4) is 0 Å². The molecule has 1 heterocycles. The molecule has 0 atom stereocenters. The van der Waals surface area contributed by atoms with E-state index < -0.39 is 9.84 Å². The molecule has 0 radical (unpaired) electrons. The summed E-state index contributed by atoms with van der Waals surface area (Å²) in [6, 6.07) is 6.24. The highest BCUT2D eigenvalue weighted by Crippen LogP contribution is 2.22. The number of methoxy groups -OCH3 is 1. The summed E-state index contributed by atoms with van der Waals surface area (Å²) in [6.45, 7) is 2.70. The Morgan fingerprint density at radius 2 is 1.88 bits per heavy atom. The van der Waals surface area contributed by atoms with Gasteiger partial charge in [0.25, 0.3) is 5.91 Å². The summed E-state index contributed by atoms with van der Waals surface area (Å²) in [5.41, 5.74) is 0.541. The van der Waals surface area contributed by atoms with Crippen molar-refractivity contribution in [2.24, 2.45) is 5.92 Å². The molecule has 0 unspecified atom stereocenters. The number of carbonyl (C=O) groups excluding carboxylic acids is 1. The summed E-state index contributed by atoms with van der Waals surface area (Å²) < 4.78 is 29.1. The van der Waals surface area contributed by atoms with Gasteiger partial charge in [-0.25, -0.2) is 8.42 Å². The molecule has 140 valence electrons. The fourth-order valence-corrected chi connectivity index (χ4v) is 4.24. The Bertz CT molecular complexity index is 650. The molecule has 0 saturated carbocycles. The van der Waals surface area contributed by atoms with E-state index in [9.17, 15) is 13.2 Å². The van der Waals surface area contributed by atoms with Crippen LogP contribution in [0.4, 0.5) is 0 Å². The molecular weight excluding hydrogens is 340 g/mol. The number of likely N-dealkylation sites (tertiary alicyclic amines) is 1. The van der Waals surface area contributed by atoms with Crippen LogP contribution in [0, 0.1) is 5.92 Å². The number of rotatable bonds is 8. The third kappa shape index (κ3) is 5.52. The maximum atomic E-state index is 12.6. The Hall–Kier alpha value is -1.44. The second kappa shape index (κ2) is 9.31. The lowest BCUT2D eigenvalue weighted by atomic mass is 9.93. The number of nitrogens with one attached hydrogen (secondary N) is 1. The first-order valence-corrected chi connectivity index (χ1v) is 10.4. The molecule has 1 N–H and O–H groups in total. The van der Waals surface area contributed by atoms with Gasteiger partial charge < -0.3 is 15.0 Å². The summed E-state index contributed by atoms with van der Waals surface area (Å²) in [5, 5.41) is 3.17. The number of amides is 1. The second-order valence-corrected chi connectivity index (χ2v) is 8.57. The fourth-order valence-electron chi connectivity index (χ4n) is 3.07. The molecule has 1 aliphatic rings. The molecule has 1 aromatic rings. The lowest BCUT2D eigenvalue weighted by Crippen LogP contribution is -2.38. The van der Waals surface area contributed by atoms with E-state index in [-0.39, 0.29) is 23.2 Å². The van der Waals surface area contributed by atoms with Gasteiger partial charge in [-0.1, -0.05) is 0 Å². The minimum absolute atomic E-state index is 0.0205. The first-order chi connectivity index (χ1) is 12.0. The minimum atomic E-state index is -3.36. The normalized spacial score (nSPS) is 16.2. The van der Waals surface area contributed by atoms with E-state index in [4.69, 9.17) is 4.74 Å². The van der Waals surface area contributed by atoms with Crippen LogP contribution in [-0.2, 0) is 14.6 Å². The number of nitrogens with zero attached hydrogens (tertiary/aromatic N) is 1. The molecule has 1 aliphatic heterocycles. The van der Waals surface area contributed by atoms with Gasteiger partial charge in [-0.05, 0) is 63.0 Å². The van der Waals surface area contributed by atoms with Crippen molar-refractivity contribution in [1.29, 1.82) is 0 Å². The number of hydrogen-bond acceptors (Lipinski definition) is 5. The van der Waals surface area contributed by atoms with E-state index in [0.717, 1.165) is 38.9 Å². The van der Waals surface area contributed by atoms with Gasteiger partial charge in [0.05, 0.1) is 17.3 Å². The molecule has 0 spiro atoms. The molecule has 25 heavy (non-hydrogen) atoms. The van der Waals surface area contributed by atoms with Crippen molar-refractivity contribution in [1.82, 2.24) is 10.2 Å².